The molecule has 0 fully saturated rings. The molecule has 3 rings (SSSR count). The van der Waals surface area contributed by atoms with Crippen molar-refractivity contribution in [2.75, 3.05) is 13.6 Å². The van der Waals surface area contributed by atoms with Crippen LogP contribution in [0.4, 0.5) is 4.39 Å². The summed E-state index contributed by atoms with van der Waals surface area (Å²) in [6, 6.07) is 12.1. The van der Waals surface area contributed by atoms with Crippen molar-refractivity contribution in [1.82, 2.24) is 10.2 Å². The number of aryl methyl sites for hydroxylation is 1. The second-order valence-electron chi connectivity index (χ2n) is 6.27. The quantitative estimate of drug-likeness (QED) is 0.642. The third kappa shape index (κ3) is 4.78. The number of benzene rings is 1. The second-order valence-corrected chi connectivity index (χ2v) is 8.25. The van der Waals surface area contributed by atoms with E-state index in [1.54, 1.807) is 34.8 Å². The van der Waals surface area contributed by atoms with Gasteiger partial charge in [-0.15, -0.1) is 22.7 Å². The van der Waals surface area contributed by atoms with Crippen molar-refractivity contribution in [3.05, 3.63) is 79.9 Å². The van der Waals surface area contributed by atoms with Gasteiger partial charge in [0.25, 0.3) is 0 Å². The molecule has 1 N–H and O–H groups in total. The molecule has 0 aliphatic carbocycles. The summed E-state index contributed by atoms with van der Waals surface area (Å²) >= 11 is 3.28. The van der Waals surface area contributed by atoms with Gasteiger partial charge in [-0.2, -0.15) is 0 Å². The molecule has 0 bridgehead atoms. The summed E-state index contributed by atoms with van der Waals surface area (Å²) in [5, 5.41) is 7.14. The third-order valence-electron chi connectivity index (χ3n) is 4.13. The van der Waals surface area contributed by atoms with Crippen LogP contribution in [0.3, 0.4) is 0 Å². The van der Waals surface area contributed by atoms with Crippen molar-refractivity contribution >= 4 is 28.6 Å². The molecule has 6 heteroatoms. The first kappa shape index (κ1) is 18.8. The van der Waals surface area contributed by atoms with Crippen LogP contribution in [0.2, 0.25) is 0 Å². The first-order chi connectivity index (χ1) is 12.5. The fourth-order valence-electron chi connectivity index (χ4n) is 2.75. The molecule has 2 heterocycles. The zero-order chi connectivity index (χ0) is 18.5. The highest BCUT2D eigenvalue weighted by atomic mass is 32.1. The Labute approximate surface area is 161 Å². The van der Waals surface area contributed by atoms with Crippen LogP contribution >= 0.6 is 22.7 Å². The van der Waals surface area contributed by atoms with Crippen LogP contribution in [0.1, 0.15) is 26.9 Å². The van der Waals surface area contributed by atoms with Crippen LogP contribution in [0.5, 0.6) is 0 Å². The highest BCUT2D eigenvalue weighted by Crippen LogP contribution is 2.26. The van der Waals surface area contributed by atoms with Crippen molar-refractivity contribution < 1.29 is 9.18 Å². The lowest BCUT2D eigenvalue weighted by atomic mass is 10.1. The van der Waals surface area contributed by atoms with Crippen molar-refractivity contribution in [2.24, 2.45) is 0 Å². The normalized spacial score (nSPS) is 12.3. The van der Waals surface area contributed by atoms with Crippen LogP contribution in [0.15, 0.2) is 53.2 Å². The summed E-state index contributed by atoms with van der Waals surface area (Å²) in [5.74, 6) is -0.333. The zero-order valence-electron chi connectivity index (χ0n) is 14.7. The van der Waals surface area contributed by atoms with E-state index < -0.39 is 0 Å². The summed E-state index contributed by atoms with van der Waals surface area (Å²) in [4.78, 5) is 16.9. The van der Waals surface area contributed by atoms with Crippen LogP contribution in [-0.2, 0) is 11.3 Å². The molecule has 0 saturated carbocycles. The number of rotatable bonds is 7. The number of hydrogen-bond donors (Lipinski definition) is 1. The molecule has 0 aliphatic rings. The molecule has 1 unspecified atom stereocenters. The van der Waals surface area contributed by atoms with Gasteiger partial charge in [-0.05, 0) is 60.1 Å². The molecule has 0 radical (unpaired) electrons. The van der Waals surface area contributed by atoms with E-state index in [0.29, 0.717) is 6.54 Å². The van der Waals surface area contributed by atoms with Gasteiger partial charge in [0.1, 0.15) is 5.82 Å². The third-order valence-corrected chi connectivity index (χ3v) is 6.08. The predicted octanol–water partition coefficient (Wildman–Crippen LogP) is 4.59. The van der Waals surface area contributed by atoms with Gasteiger partial charge < -0.3 is 5.32 Å². The molecule has 0 spiro atoms. The largest absolute Gasteiger partial charge is 0.343 e. The van der Waals surface area contributed by atoms with Crippen molar-refractivity contribution in [3.63, 3.8) is 0 Å². The second kappa shape index (κ2) is 8.58. The first-order valence-corrected chi connectivity index (χ1v) is 10.1. The van der Waals surface area contributed by atoms with Gasteiger partial charge in [-0.1, -0.05) is 18.2 Å². The lowest BCUT2D eigenvalue weighted by Crippen LogP contribution is -2.37. The summed E-state index contributed by atoms with van der Waals surface area (Å²) in [5.41, 5.74) is 2.13. The molecule has 1 amide bonds. The van der Waals surface area contributed by atoms with Gasteiger partial charge in [-0.3, -0.25) is 9.69 Å². The van der Waals surface area contributed by atoms with E-state index in [-0.39, 0.29) is 17.8 Å². The molecule has 1 aromatic carbocycles. The Balaban J connectivity index is 1.67. The standard InChI is InChI=1S/C20H21FN2OS2/c1-14-9-11-26-18(14)12-23(2)13-19(24)22-20(17-4-3-10-25-17)15-5-7-16(21)8-6-15/h3-11,20H,12-13H2,1-2H3,(H,22,24). The van der Waals surface area contributed by atoms with Gasteiger partial charge in [-0.25, -0.2) is 4.39 Å². The lowest BCUT2D eigenvalue weighted by molar-refractivity contribution is -0.122. The van der Waals surface area contributed by atoms with E-state index in [1.807, 2.05) is 29.5 Å². The number of thiophene rings is 2. The maximum absolute atomic E-state index is 13.2. The van der Waals surface area contributed by atoms with Crippen molar-refractivity contribution in [1.29, 1.82) is 0 Å². The number of nitrogens with zero attached hydrogens (tertiary/aromatic N) is 1. The van der Waals surface area contributed by atoms with E-state index in [9.17, 15) is 9.18 Å². The van der Waals surface area contributed by atoms with Crippen molar-refractivity contribution in [3.8, 4) is 0 Å². The van der Waals surface area contributed by atoms with Crippen LogP contribution < -0.4 is 5.32 Å². The van der Waals surface area contributed by atoms with Crippen LogP contribution in [0.25, 0.3) is 0 Å². The number of likely N-dealkylation sites (N-methyl/N-ethyl adjacent to an activating group) is 1. The topological polar surface area (TPSA) is 32.3 Å². The SMILES string of the molecule is Cc1ccsc1CN(C)CC(=O)NC(c1ccc(F)cc1)c1cccs1. The molecular weight excluding hydrogens is 367 g/mol. The Kier molecular flexibility index (Phi) is 6.19. The summed E-state index contributed by atoms with van der Waals surface area (Å²) in [6.45, 7) is 3.14. The van der Waals surface area contributed by atoms with E-state index >= 15 is 0 Å². The minimum atomic E-state index is -0.281. The minimum Gasteiger partial charge on any atom is -0.343 e. The monoisotopic (exact) mass is 388 g/mol. The fourth-order valence-corrected chi connectivity index (χ4v) is 4.54. The Morgan fingerprint density at radius 2 is 1.92 bits per heavy atom. The van der Waals surface area contributed by atoms with E-state index in [1.165, 1.54) is 22.6 Å². The lowest BCUT2D eigenvalue weighted by Gasteiger charge is -2.21. The number of carbonyl (C=O) groups is 1. The number of halogens is 1. The predicted molar refractivity (Wildman–Crippen MR) is 106 cm³/mol. The molecule has 26 heavy (non-hydrogen) atoms. The summed E-state index contributed by atoms with van der Waals surface area (Å²) in [7, 11) is 1.94. The van der Waals surface area contributed by atoms with Crippen molar-refractivity contribution in [2.45, 2.75) is 19.5 Å². The Morgan fingerprint density at radius 1 is 1.15 bits per heavy atom. The number of hydrogen-bond acceptors (Lipinski definition) is 4. The number of nitrogens with one attached hydrogen (secondary N) is 1. The highest BCUT2D eigenvalue weighted by Gasteiger charge is 2.19. The summed E-state index contributed by atoms with van der Waals surface area (Å²) < 4.78 is 13.2. The van der Waals surface area contributed by atoms with Gasteiger partial charge >= 0.3 is 0 Å². The number of carbonyl (C=O) groups excluding carboxylic acids is 1. The smallest absolute Gasteiger partial charge is 0.234 e. The fraction of sp³-hybridized carbons (Fsp3) is 0.250. The minimum absolute atomic E-state index is 0.0514. The van der Waals surface area contributed by atoms with Gasteiger partial charge in [0, 0.05) is 16.3 Å². The van der Waals surface area contributed by atoms with E-state index in [2.05, 4.69) is 23.7 Å². The van der Waals surface area contributed by atoms with E-state index in [4.69, 9.17) is 0 Å². The Bertz CT molecular complexity index is 843. The first-order valence-electron chi connectivity index (χ1n) is 8.32. The van der Waals surface area contributed by atoms with Gasteiger partial charge in [0.05, 0.1) is 12.6 Å². The molecule has 0 saturated heterocycles. The molecule has 2 aromatic heterocycles. The average molecular weight is 389 g/mol. The molecular formula is C20H21FN2OS2. The number of amides is 1. The summed E-state index contributed by atoms with van der Waals surface area (Å²) in [6.07, 6.45) is 0. The Morgan fingerprint density at radius 3 is 2.54 bits per heavy atom. The average Bonchev–Trinajstić information content (AvgIpc) is 3.26. The maximum atomic E-state index is 13.2. The molecule has 0 aliphatic heterocycles. The molecule has 136 valence electrons. The maximum Gasteiger partial charge on any atom is 0.234 e. The molecule has 3 nitrogen and oxygen atoms in total. The zero-order valence-corrected chi connectivity index (χ0v) is 16.4. The van der Waals surface area contributed by atoms with Crippen LogP contribution in [0, 0.1) is 12.7 Å². The van der Waals surface area contributed by atoms with Gasteiger partial charge in [0.2, 0.25) is 5.91 Å². The molecule has 3 aromatic rings. The highest BCUT2D eigenvalue weighted by molar-refractivity contribution is 7.10. The van der Waals surface area contributed by atoms with Gasteiger partial charge in [0.15, 0.2) is 0 Å². The van der Waals surface area contributed by atoms with E-state index in [0.717, 1.165) is 17.0 Å². The Hall–Kier alpha value is -2.02. The van der Waals surface area contributed by atoms with Crippen LogP contribution in [-0.4, -0.2) is 24.4 Å². The molecule has 1 atom stereocenters.